The fourth-order valence-corrected chi connectivity index (χ4v) is 2.91. The highest BCUT2D eigenvalue weighted by Gasteiger charge is 2.26. The molecule has 0 spiro atoms. The van der Waals surface area contributed by atoms with E-state index in [0.717, 1.165) is 10.9 Å². The molecular weight excluding hydrogens is 342 g/mol. The van der Waals surface area contributed by atoms with Gasteiger partial charge in [-0.15, -0.1) is 0 Å². The Bertz CT molecular complexity index is 983. The number of anilines is 1. The molecule has 3 aromatic rings. The summed E-state index contributed by atoms with van der Waals surface area (Å²) in [7, 11) is 0. The van der Waals surface area contributed by atoms with Crippen LogP contribution in [0.25, 0.3) is 10.9 Å². The maximum atomic E-state index is 12.5. The molecule has 1 atom stereocenters. The number of ether oxygens (including phenoxy) is 1. The van der Waals surface area contributed by atoms with E-state index >= 15 is 0 Å². The lowest BCUT2D eigenvalue weighted by Crippen LogP contribution is -2.46. The van der Waals surface area contributed by atoms with Crippen LogP contribution in [0, 0.1) is 0 Å². The molecule has 1 aliphatic rings. The third-order valence-electron chi connectivity index (χ3n) is 4.00. The zero-order valence-corrected chi connectivity index (χ0v) is 13.8. The molecule has 0 aliphatic carbocycles. The summed E-state index contributed by atoms with van der Waals surface area (Å²) in [5.41, 5.74) is 1.74. The predicted octanol–water partition coefficient (Wildman–Crippen LogP) is 2.95. The predicted molar refractivity (Wildman–Crippen MR) is 95.1 cm³/mol. The molecule has 126 valence electrons. The van der Waals surface area contributed by atoms with Crippen molar-refractivity contribution in [3.8, 4) is 5.75 Å². The Morgan fingerprint density at radius 3 is 2.92 bits per heavy atom. The van der Waals surface area contributed by atoms with Crippen LogP contribution in [0.4, 0.5) is 5.69 Å². The Balaban J connectivity index is 1.53. The van der Waals surface area contributed by atoms with Gasteiger partial charge in [0.05, 0.1) is 5.69 Å². The van der Waals surface area contributed by atoms with Gasteiger partial charge in [0.25, 0.3) is 11.8 Å². The number of nitrogens with one attached hydrogen (secondary N) is 3. The van der Waals surface area contributed by atoms with Gasteiger partial charge in [0, 0.05) is 15.9 Å². The number of hydrogen-bond acceptors (Lipinski definition) is 3. The van der Waals surface area contributed by atoms with Crippen LogP contribution in [0.1, 0.15) is 10.5 Å². The van der Waals surface area contributed by atoms with Gasteiger partial charge in [-0.3, -0.25) is 9.59 Å². The molecule has 6 nitrogen and oxygen atoms in total. The number of hydrogen-bond donors (Lipinski definition) is 3. The molecule has 0 bridgehead atoms. The van der Waals surface area contributed by atoms with E-state index < -0.39 is 6.04 Å². The van der Waals surface area contributed by atoms with Crippen molar-refractivity contribution in [3.05, 3.63) is 59.2 Å². The molecule has 3 N–H and O–H groups in total. The SMILES string of the molecule is O=C(N[C@@H]1COc2ccccc2NC1=O)c1cc2cc(Cl)ccc2[nH]1. The van der Waals surface area contributed by atoms with Crippen molar-refractivity contribution in [3.63, 3.8) is 0 Å². The Morgan fingerprint density at radius 1 is 1.20 bits per heavy atom. The summed E-state index contributed by atoms with van der Waals surface area (Å²) < 4.78 is 5.62. The Labute approximate surface area is 148 Å². The van der Waals surface area contributed by atoms with Crippen LogP contribution in [0.15, 0.2) is 48.5 Å². The molecular formula is C18H14ClN3O3. The van der Waals surface area contributed by atoms with Crippen molar-refractivity contribution >= 4 is 40.0 Å². The average Bonchev–Trinajstić information content (AvgIpc) is 2.95. The fraction of sp³-hybridized carbons (Fsp3) is 0.111. The third-order valence-corrected chi connectivity index (χ3v) is 4.23. The van der Waals surface area contributed by atoms with Crippen molar-refractivity contribution in [1.29, 1.82) is 0 Å². The second-order valence-electron chi connectivity index (χ2n) is 5.74. The highest BCUT2D eigenvalue weighted by molar-refractivity contribution is 6.31. The van der Waals surface area contributed by atoms with Gasteiger partial charge in [0.1, 0.15) is 24.1 Å². The average molecular weight is 356 g/mol. The second-order valence-corrected chi connectivity index (χ2v) is 6.17. The molecule has 25 heavy (non-hydrogen) atoms. The van der Waals surface area contributed by atoms with Gasteiger partial charge in [-0.2, -0.15) is 0 Å². The van der Waals surface area contributed by atoms with Crippen molar-refractivity contribution in [2.24, 2.45) is 0 Å². The van der Waals surface area contributed by atoms with Crippen molar-refractivity contribution in [1.82, 2.24) is 10.3 Å². The van der Waals surface area contributed by atoms with Crippen molar-refractivity contribution in [2.75, 3.05) is 11.9 Å². The number of rotatable bonds is 2. The number of H-pyrrole nitrogens is 1. The maximum Gasteiger partial charge on any atom is 0.268 e. The molecule has 1 aromatic heterocycles. The number of halogens is 1. The minimum atomic E-state index is -0.796. The summed E-state index contributed by atoms with van der Waals surface area (Å²) >= 11 is 5.96. The Hall–Kier alpha value is -2.99. The number of para-hydroxylation sites is 2. The number of fused-ring (bicyclic) bond motifs is 2. The quantitative estimate of drug-likeness (QED) is 0.661. The van der Waals surface area contributed by atoms with E-state index in [1.807, 2.05) is 6.07 Å². The topological polar surface area (TPSA) is 83.2 Å². The van der Waals surface area contributed by atoms with Crippen LogP contribution < -0.4 is 15.4 Å². The standard InChI is InChI=1S/C18H14ClN3O3/c19-11-5-6-12-10(7-11)8-14(20-12)17(23)22-15-9-25-16-4-2-1-3-13(16)21-18(15)24/h1-8,15,20H,9H2,(H,21,24)(H,22,23)/t15-/m1/s1. The Morgan fingerprint density at radius 2 is 2.04 bits per heavy atom. The van der Waals surface area contributed by atoms with Crippen LogP contribution in [0.5, 0.6) is 5.75 Å². The summed E-state index contributed by atoms with van der Waals surface area (Å²) in [6.07, 6.45) is 0. The van der Waals surface area contributed by atoms with Crippen LogP contribution in [0.3, 0.4) is 0 Å². The fourth-order valence-electron chi connectivity index (χ4n) is 2.73. The summed E-state index contributed by atoms with van der Waals surface area (Å²) in [5, 5.41) is 6.87. The van der Waals surface area contributed by atoms with Gasteiger partial charge in [-0.1, -0.05) is 23.7 Å². The van der Waals surface area contributed by atoms with Gasteiger partial charge < -0.3 is 20.4 Å². The van der Waals surface area contributed by atoms with E-state index in [-0.39, 0.29) is 18.4 Å². The molecule has 7 heteroatoms. The van der Waals surface area contributed by atoms with Crippen molar-refractivity contribution < 1.29 is 14.3 Å². The first-order valence-corrected chi connectivity index (χ1v) is 8.10. The molecule has 4 rings (SSSR count). The molecule has 0 saturated heterocycles. The molecule has 1 aliphatic heterocycles. The first-order chi connectivity index (χ1) is 12.1. The molecule has 0 radical (unpaired) electrons. The van der Waals surface area contributed by atoms with Crippen LogP contribution >= 0.6 is 11.6 Å². The van der Waals surface area contributed by atoms with Gasteiger partial charge in [-0.05, 0) is 36.4 Å². The molecule has 0 unspecified atom stereocenters. The third kappa shape index (κ3) is 3.04. The normalized spacial score (nSPS) is 16.5. The summed E-state index contributed by atoms with van der Waals surface area (Å²) in [4.78, 5) is 27.8. The number of carbonyl (C=O) groups is 2. The maximum absolute atomic E-state index is 12.5. The summed E-state index contributed by atoms with van der Waals surface area (Å²) in [6.45, 7) is 0.0562. The van der Waals surface area contributed by atoms with E-state index in [1.165, 1.54) is 0 Å². The first kappa shape index (κ1) is 15.5. The number of carbonyl (C=O) groups excluding carboxylic acids is 2. The van der Waals surface area contributed by atoms with Gasteiger partial charge in [-0.25, -0.2) is 0 Å². The van der Waals surface area contributed by atoms with Crippen LogP contribution in [0.2, 0.25) is 5.02 Å². The number of benzene rings is 2. The highest BCUT2D eigenvalue weighted by Crippen LogP contribution is 2.26. The lowest BCUT2D eigenvalue weighted by molar-refractivity contribution is -0.118. The summed E-state index contributed by atoms with van der Waals surface area (Å²) in [5.74, 6) is -0.132. The van der Waals surface area contributed by atoms with Gasteiger partial charge in [0.2, 0.25) is 0 Å². The molecule has 2 aromatic carbocycles. The monoisotopic (exact) mass is 355 g/mol. The smallest absolute Gasteiger partial charge is 0.268 e. The largest absolute Gasteiger partial charge is 0.489 e. The molecule has 2 heterocycles. The van der Waals surface area contributed by atoms with Crippen LogP contribution in [-0.4, -0.2) is 29.4 Å². The van der Waals surface area contributed by atoms with Gasteiger partial charge >= 0.3 is 0 Å². The zero-order valence-electron chi connectivity index (χ0n) is 13.0. The van der Waals surface area contributed by atoms with E-state index in [0.29, 0.717) is 22.2 Å². The minimum Gasteiger partial charge on any atom is -0.489 e. The highest BCUT2D eigenvalue weighted by atomic mass is 35.5. The number of aromatic amines is 1. The minimum absolute atomic E-state index is 0.0562. The number of amides is 2. The zero-order chi connectivity index (χ0) is 17.4. The molecule has 0 saturated carbocycles. The van der Waals surface area contributed by atoms with Crippen LogP contribution in [-0.2, 0) is 4.79 Å². The Kier molecular flexibility index (Phi) is 3.82. The summed E-state index contributed by atoms with van der Waals surface area (Å²) in [6, 6.07) is 13.3. The number of aromatic nitrogens is 1. The van der Waals surface area contributed by atoms with E-state index in [4.69, 9.17) is 16.3 Å². The van der Waals surface area contributed by atoms with Gasteiger partial charge in [0.15, 0.2) is 0 Å². The lowest BCUT2D eigenvalue weighted by Gasteiger charge is -2.14. The molecule has 2 amide bonds. The second kappa shape index (κ2) is 6.14. The molecule has 0 fully saturated rings. The first-order valence-electron chi connectivity index (χ1n) is 7.72. The van der Waals surface area contributed by atoms with E-state index in [1.54, 1.807) is 42.5 Å². The van der Waals surface area contributed by atoms with E-state index in [2.05, 4.69) is 15.6 Å². The lowest BCUT2D eigenvalue weighted by atomic mass is 10.2. The van der Waals surface area contributed by atoms with Crippen molar-refractivity contribution in [2.45, 2.75) is 6.04 Å². The van der Waals surface area contributed by atoms with E-state index in [9.17, 15) is 9.59 Å².